The molecule has 0 radical (unpaired) electrons. The molecule has 4 aliphatic heterocycles. The average Bonchev–Trinajstić information content (AvgIpc) is 3.35. The maximum absolute atomic E-state index is 14.7. The maximum Gasteiger partial charge on any atom is 0.251 e. The Hall–Kier alpha value is -3.56. The number of carbonyl (C=O) groups excluding carboxylic acids is 3. The van der Waals surface area contributed by atoms with Gasteiger partial charge in [0, 0.05) is 30.6 Å². The third kappa shape index (κ3) is 4.86. The molecule has 9 heteroatoms. The van der Waals surface area contributed by atoms with Gasteiger partial charge in [0.05, 0.1) is 36.3 Å². The number of amides is 3. The molecule has 0 aromatic heterocycles. The highest BCUT2D eigenvalue weighted by Gasteiger charge is 2.72. The number of methoxy groups -OCH3 is 1. The Balaban J connectivity index is 1.43. The van der Waals surface area contributed by atoms with Gasteiger partial charge >= 0.3 is 0 Å². The van der Waals surface area contributed by atoms with Gasteiger partial charge in [0.1, 0.15) is 11.8 Å². The van der Waals surface area contributed by atoms with Gasteiger partial charge in [-0.05, 0) is 35.7 Å². The zero-order chi connectivity index (χ0) is 30.3. The number of hydrogen-bond acceptors (Lipinski definition) is 6. The SMILES string of the molecule is CC[C@H](C)[C@H](CO)N1C(=O)[C@@H]2[C@@H]3C(=O)N(Cc4ccccc4)CC=C[C@@H]3S[C@@]23C=CCN(c2ccc(OC)cc2)C(=O)C13. The highest BCUT2D eigenvalue weighted by atomic mass is 32.2. The molecule has 1 spiro atoms. The van der Waals surface area contributed by atoms with Crippen molar-refractivity contribution in [2.75, 3.05) is 31.7 Å². The monoisotopic (exact) mass is 601 g/mol. The van der Waals surface area contributed by atoms with Crippen molar-refractivity contribution in [3.05, 3.63) is 84.5 Å². The molecule has 2 fully saturated rings. The molecule has 0 saturated carbocycles. The summed E-state index contributed by atoms with van der Waals surface area (Å²) in [5.41, 5.74) is 1.73. The molecule has 0 bridgehead atoms. The van der Waals surface area contributed by atoms with Crippen LogP contribution in [0.3, 0.4) is 0 Å². The number of carbonyl (C=O) groups is 3. The number of benzene rings is 2. The molecule has 1 unspecified atom stereocenters. The third-order valence-electron chi connectivity index (χ3n) is 9.63. The summed E-state index contributed by atoms with van der Waals surface area (Å²) in [6.45, 7) is 5.02. The van der Waals surface area contributed by atoms with Crippen molar-refractivity contribution >= 4 is 35.2 Å². The fraction of sp³-hybridized carbons (Fsp3) is 0.441. The van der Waals surface area contributed by atoms with E-state index in [-0.39, 0.29) is 35.5 Å². The highest BCUT2D eigenvalue weighted by Crippen LogP contribution is 2.61. The molecule has 3 amide bonds. The molecule has 6 rings (SSSR count). The van der Waals surface area contributed by atoms with Gasteiger partial charge < -0.3 is 24.5 Å². The van der Waals surface area contributed by atoms with Crippen LogP contribution in [0, 0.1) is 17.8 Å². The average molecular weight is 602 g/mol. The lowest BCUT2D eigenvalue weighted by Gasteiger charge is -2.40. The standard InChI is InChI=1S/C34H39N3O5S/c1-4-22(2)26(21-38)37-30-33(41)36(24-13-15-25(42-3)16-14-24)19-9-17-34(30)29(32(37)40)28-27(43-34)12-8-18-35(31(28)39)20-23-10-6-5-7-11-23/h5-17,22,26-30,38H,4,18-21H2,1-3H3/t22-,26-,27-,28+,29-,30?,34-/m0/s1. The van der Waals surface area contributed by atoms with Gasteiger partial charge in [-0.2, -0.15) is 0 Å². The lowest BCUT2D eigenvalue weighted by molar-refractivity contribution is -0.145. The van der Waals surface area contributed by atoms with Crippen LogP contribution in [0.2, 0.25) is 0 Å². The van der Waals surface area contributed by atoms with E-state index in [9.17, 15) is 19.5 Å². The van der Waals surface area contributed by atoms with Crippen LogP contribution in [0.15, 0.2) is 78.9 Å². The van der Waals surface area contributed by atoms with Crippen molar-refractivity contribution in [3.63, 3.8) is 0 Å². The van der Waals surface area contributed by atoms with Gasteiger partial charge in [-0.15, -0.1) is 11.8 Å². The highest BCUT2D eigenvalue weighted by molar-refractivity contribution is 8.02. The van der Waals surface area contributed by atoms with Crippen molar-refractivity contribution in [3.8, 4) is 5.75 Å². The Labute approximate surface area is 257 Å². The molecule has 43 heavy (non-hydrogen) atoms. The van der Waals surface area contributed by atoms with Crippen molar-refractivity contribution in [2.45, 2.75) is 48.9 Å². The van der Waals surface area contributed by atoms with E-state index in [0.717, 1.165) is 12.0 Å². The minimum absolute atomic E-state index is 0.0422. The van der Waals surface area contributed by atoms with E-state index in [4.69, 9.17) is 4.74 Å². The summed E-state index contributed by atoms with van der Waals surface area (Å²) in [5, 5.41) is 10.4. The topological polar surface area (TPSA) is 90.4 Å². The van der Waals surface area contributed by atoms with Crippen molar-refractivity contribution < 1.29 is 24.2 Å². The number of hydrogen-bond donors (Lipinski definition) is 1. The summed E-state index contributed by atoms with van der Waals surface area (Å²) >= 11 is 1.56. The largest absolute Gasteiger partial charge is 0.497 e. The fourth-order valence-corrected chi connectivity index (χ4v) is 9.23. The summed E-state index contributed by atoms with van der Waals surface area (Å²) in [6.07, 6.45) is 8.81. The molecule has 2 aromatic carbocycles. The van der Waals surface area contributed by atoms with Crippen LogP contribution in [0.4, 0.5) is 5.69 Å². The van der Waals surface area contributed by atoms with Crippen LogP contribution < -0.4 is 9.64 Å². The number of aliphatic hydroxyl groups is 1. The number of ether oxygens (including phenoxy) is 1. The van der Waals surface area contributed by atoms with Crippen molar-refractivity contribution in [1.29, 1.82) is 0 Å². The number of fused-ring (bicyclic) bond motifs is 2. The minimum Gasteiger partial charge on any atom is -0.497 e. The molecular weight excluding hydrogens is 562 g/mol. The molecule has 4 aliphatic rings. The van der Waals surface area contributed by atoms with E-state index >= 15 is 0 Å². The van der Waals surface area contributed by atoms with Gasteiger partial charge in [0.15, 0.2) is 0 Å². The zero-order valence-electron chi connectivity index (χ0n) is 24.8. The molecule has 4 heterocycles. The van der Waals surface area contributed by atoms with Gasteiger partial charge in [-0.1, -0.05) is 74.9 Å². The predicted octanol–water partition coefficient (Wildman–Crippen LogP) is 3.90. The third-order valence-corrected chi connectivity index (χ3v) is 11.4. The van der Waals surface area contributed by atoms with Gasteiger partial charge in [0.2, 0.25) is 11.8 Å². The molecule has 2 saturated heterocycles. The van der Waals surface area contributed by atoms with E-state index < -0.39 is 28.7 Å². The number of aliphatic hydroxyl groups excluding tert-OH is 1. The zero-order valence-corrected chi connectivity index (χ0v) is 25.7. The first-order valence-corrected chi connectivity index (χ1v) is 16.0. The quantitative estimate of drug-likeness (QED) is 0.462. The van der Waals surface area contributed by atoms with Crippen molar-refractivity contribution in [1.82, 2.24) is 9.80 Å². The normalized spacial score (nSPS) is 29.6. The maximum atomic E-state index is 14.7. The second kappa shape index (κ2) is 11.8. The van der Waals surface area contributed by atoms with Gasteiger partial charge in [-0.25, -0.2) is 0 Å². The first-order valence-electron chi connectivity index (χ1n) is 15.1. The summed E-state index contributed by atoms with van der Waals surface area (Å²) < 4.78 is 4.38. The number of anilines is 1. The molecule has 0 aliphatic carbocycles. The number of rotatable bonds is 8. The molecule has 2 aromatic rings. The van der Waals surface area contributed by atoms with Crippen LogP contribution in [0.1, 0.15) is 25.8 Å². The van der Waals surface area contributed by atoms with Gasteiger partial charge in [-0.3, -0.25) is 14.4 Å². The van der Waals surface area contributed by atoms with Crippen LogP contribution in [-0.4, -0.2) is 81.5 Å². The first kappa shape index (κ1) is 29.5. The summed E-state index contributed by atoms with van der Waals surface area (Å²) in [4.78, 5) is 49.0. The van der Waals surface area contributed by atoms with E-state index in [0.29, 0.717) is 31.1 Å². The lowest BCUT2D eigenvalue weighted by atomic mass is 9.78. The van der Waals surface area contributed by atoms with Crippen molar-refractivity contribution in [2.24, 2.45) is 17.8 Å². The van der Waals surface area contributed by atoms with Crippen LogP contribution in [0.25, 0.3) is 0 Å². The Kier molecular flexibility index (Phi) is 8.13. The molecule has 8 nitrogen and oxygen atoms in total. The summed E-state index contributed by atoms with van der Waals surface area (Å²) in [6, 6.07) is 15.8. The fourth-order valence-electron chi connectivity index (χ4n) is 7.24. The Morgan fingerprint density at radius 3 is 2.42 bits per heavy atom. The summed E-state index contributed by atoms with van der Waals surface area (Å²) in [5.74, 6) is -1.19. The number of nitrogens with zero attached hydrogens (tertiary/aromatic N) is 3. The van der Waals surface area contributed by atoms with Gasteiger partial charge in [0.25, 0.3) is 5.91 Å². The Morgan fingerprint density at radius 1 is 1.00 bits per heavy atom. The smallest absolute Gasteiger partial charge is 0.251 e. The summed E-state index contributed by atoms with van der Waals surface area (Å²) in [7, 11) is 1.60. The molecule has 226 valence electrons. The first-order chi connectivity index (χ1) is 20.8. The Morgan fingerprint density at radius 2 is 1.74 bits per heavy atom. The second-order valence-corrected chi connectivity index (χ2v) is 13.4. The number of thioether (sulfide) groups is 1. The second-order valence-electron chi connectivity index (χ2n) is 11.9. The lowest BCUT2D eigenvalue weighted by Crippen LogP contribution is -2.58. The van der Waals surface area contributed by atoms with E-state index in [1.165, 1.54) is 0 Å². The van der Waals surface area contributed by atoms with Crippen LogP contribution in [-0.2, 0) is 20.9 Å². The van der Waals surface area contributed by atoms with Crippen LogP contribution in [0.5, 0.6) is 5.75 Å². The Bertz CT molecular complexity index is 1430. The van der Waals surface area contributed by atoms with E-state index in [1.54, 1.807) is 28.7 Å². The molecule has 1 N–H and O–H groups in total. The number of likely N-dealkylation sites (tertiary alicyclic amines) is 1. The molecule has 7 atom stereocenters. The predicted molar refractivity (Wildman–Crippen MR) is 168 cm³/mol. The molecular formula is C34H39N3O5S. The minimum atomic E-state index is -0.943. The van der Waals surface area contributed by atoms with Crippen LogP contribution >= 0.6 is 11.8 Å². The van der Waals surface area contributed by atoms with E-state index in [2.05, 4.69) is 6.08 Å². The van der Waals surface area contributed by atoms with E-state index in [1.807, 2.05) is 91.6 Å².